The summed E-state index contributed by atoms with van der Waals surface area (Å²) in [5.74, 6) is -1.09. The summed E-state index contributed by atoms with van der Waals surface area (Å²) in [6.45, 7) is 1.48. The molecule has 1 saturated carbocycles. The molecule has 0 saturated heterocycles. The van der Waals surface area contributed by atoms with Crippen molar-refractivity contribution in [3.05, 3.63) is 48.0 Å². The van der Waals surface area contributed by atoms with Gasteiger partial charge in [0.25, 0.3) is 0 Å². The maximum absolute atomic E-state index is 12.1. The van der Waals surface area contributed by atoms with Crippen LogP contribution < -0.4 is 5.32 Å². The lowest BCUT2D eigenvalue weighted by Gasteiger charge is -2.09. The van der Waals surface area contributed by atoms with Gasteiger partial charge in [0.05, 0.1) is 0 Å². The van der Waals surface area contributed by atoms with E-state index in [1.165, 1.54) is 23.3 Å². The summed E-state index contributed by atoms with van der Waals surface area (Å²) in [4.78, 5) is 22.9. The fraction of sp³-hybridized carbons (Fsp3) is 0.294. The van der Waals surface area contributed by atoms with Gasteiger partial charge in [-0.2, -0.15) is 0 Å². The molecule has 3 unspecified atom stereocenters. The maximum atomic E-state index is 12.1. The molecule has 4 nitrogen and oxygen atoms in total. The molecule has 0 bridgehead atoms. The molecule has 1 aliphatic carbocycles. The number of fused-ring (bicyclic) bond motifs is 1. The van der Waals surface area contributed by atoms with Crippen molar-refractivity contribution >= 4 is 22.6 Å². The van der Waals surface area contributed by atoms with Gasteiger partial charge in [-0.25, -0.2) is 0 Å². The highest BCUT2D eigenvalue weighted by Gasteiger charge is 2.45. The average molecular weight is 283 g/mol. The fourth-order valence-corrected chi connectivity index (χ4v) is 2.78. The number of carboxylic acids is 1. The van der Waals surface area contributed by atoms with Crippen LogP contribution in [0.4, 0.5) is 0 Å². The zero-order valence-electron chi connectivity index (χ0n) is 11.7. The molecule has 1 fully saturated rings. The molecule has 2 aromatic carbocycles. The van der Waals surface area contributed by atoms with E-state index in [2.05, 4.69) is 29.6 Å². The second-order valence-electron chi connectivity index (χ2n) is 5.59. The second-order valence-corrected chi connectivity index (χ2v) is 5.59. The number of benzene rings is 2. The van der Waals surface area contributed by atoms with Gasteiger partial charge in [0.2, 0.25) is 5.91 Å². The molecule has 21 heavy (non-hydrogen) atoms. The lowest BCUT2D eigenvalue weighted by Crippen LogP contribution is -2.39. The van der Waals surface area contributed by atoms with Crippen LogP contribution in [0.1, 0.15) is 24.8 Å². The Hall–Kier alpha value is -2.36. The van der Waals surface area contributed by atoms with Gasteiger partial charge >= 0.3 is 5.97 Å². The third-order valence-electron chi connectivity index (χ3n) is 4.08. The Kier molecular flexibility index (Phi) is 3.37. The number of hydrogen-bond donors (Lipinski definition) is 2. The zero-order valence-corrected chi connectivity index (χ0v) is 11.7. The third kappa shape index (κ3) is 2.61. The largest absolute Gasteiger partial charge is 0.480 e. The fourth-order valence-electron chi connectivity index (χ4n) is 2.78. The van der Waals surface area contributed by atoms with Crippen LogP contribution in [0.2, 0.25) is 0 Å². The van der Waals surface area contributed by atoms with Gasteiger partial charge in [-0.1, -0.05) is 42.5 Å². The lowest BCUT2D eigenvalue weighted by molar-refractivity contribution is -0.141. The number of carbonyl (C=O) groups is 2. The van der Waals surface area contributed by atoms with E-state index >= 15 is 0 Å². The first-order valence-corrected chi connectivity index (χ1v) is 7.09. The molecule has 3 rings (SSSR count). The quantitative estimate of drug-likeness (QED) is 0.906. The minimum atomic E-state index is -1.01. The van der Waals surface area contributed by atoms with E-state index in [4.69, 9.17) is 5.11 Å². The SMILES string of the molecule is CC(NC(=O)C1CC1c1cccc2ccccc12)C(=O)O. The van der Waals surface area contributed by atoms with Crippen molar-refractivity contribution in [1.82, 2.24) is 5.32 Å². The topological polar surface area (TPSA) is 66.4 Å². The second kappa shape index (κ2) is 5.20. The predicted octanol–water partition coefficient (Wildman–Crippen LogP) is 2.53. The molecule has 108 valence electrons. The number of hydrogen-bond acceptors (Lipinski definition) is 2. The van der Waals surface area contributed by atoms with Crippen molar-refractivity contribution in [3.8, 4) is 0 Å². The Bertz CT molecular complexity index is 705. The zero-order chi connectivity index (χ0) is 15.0. The van der Waals surface area contributed by atoms with Gasteiger partial charge in [0.15, 0.2) is 0 Å². The average Bonchev–Trinajstić information content (AvgIpc) is 3.27. The molecule has 3 atom stereocenters. The van der Waals surface area contributed by atoms with Gasteiger partial charge in [0.1, 0.15) is 6.04 Å². The van der Waals surface area contributed by atoms with Crippen LogP contribution in [-0.4, -0.2) is 23.0 Å². The van der Waals surface area contributed by atoms with E-state index < -0.39 is 12.0 Å². The highest BCUT2D eigenvalue weighted by molar-refractivity contribution is 5.91. The Morgan fingerprint density at radius 2 is 1.90 bits per heavy atom. The summed E-state index contributed by atoms with van der Waals surface area (Å²) in [5, 5.41) is 13.7. The highest BCUT2D eigenvalue weighted by atomic mass is 16.4. The first-order valence-electron chi connectivity index (χ1n) is 7.09. The van der Waals surface area contributed by atoms with E-state index in [0.717, 1.165) is 6.42 Å². The van der Waals surface area contributed by atoms with E-state index in [1.54, 1.807) is 0 Å². The molecule has 1 aliphatic rings. The predicted molar refractivity (Wildman–Crippen MR) is 80.0 cm³/mol. The molecule has 2 aromatic rings. The van der Waals surface area contributed by atoms with Crippen molar-refractivity contribution in [2.24, 2.45) is 5.92 Å². The summed E-state index contributed by atoms with van der Waals surface area (Å²) >= 11 is 0. The van der Waals surface area contributed by atoms with Crippen LogP contribution in [0.15, 0.2) is 42.5 Å². The van der Waals surface area contributed by atoms with Crippen molar-refractivity contribution in [2.75, 3.05) is 0 Å². The van der Waals surface area contributed by atoms with Gasteiger partial charge in [0, 0.05) is 5.92 Å². The first-order chi connectivity index (χ1) is 10.1. The van der Waals surface area contributed by atoms with Crippen LogP contribution in [0, 0.1) is 5.92 Å². The van der Waals surface area contributed by atoms with Gasteiger partial charge in [-0.15, -0.1) is 0 Å². The monoisotopic (exact) mass is 283 g/mol. The van der Waals surface area contributed by atoms with Crippen molar-refractivity contribution in [3.63, 3.8) is 0 Å². The van der Waals surface area contributed by atoms with Gasteiger partial charge in [-0.05, 0) is 35.6 Å². The van der Waals surface area contributed by atoms with Crippen LogP contribution >= 0.6 is 0 Å². The molecule has 0 radical (unpaired) electrons. The molecule has 0 aliphatic heterocycles. The number of rotatable bonds is 4. The smallest absolute Gasteiger partial charge is 0.325 e. The minimum absolute atomic E-state index is 0.113. The molecule has 0 spiro atoms. The van der Waals surface area contributed by atoms with Crippen molar-refractivity contribution < 1.29 is 14.7 Å². The maximum Gasteiger partial charge on any atom is 0.325 e. The van der Waals surface area contributed by atoms with E-state index in [0.29, 0.717) is 0 Å². The van der Waals surface area contributed by atoms with E-state index in [1.807, 2.05) is 18.2 Å². The van der Waals surface area contributed by atoms with Gasteiger partial charge in [-0.3, -0.25) is 9.59 Å². The molecule has 0 heterocycles. The summed E-state index contributed by atoms with van der Waals surface area (Å²) < 4.78 is 0. The number of nitrogens with one attached hydrogen (secondary N) is 1. The Morgan fingerprint density at radius 1 is 1.19 bits per heavy atom. The van der Waals surface area contributed by atoms with Crippen LogP contribution in [0.5, 0.6) is 0 Å². The number of carboxylic acid groups (broad SMARTS) is 1. The van der Waals surface area contributed by atoms with Crippen LogP contribution in [0.25, 0.3) is 10.8 Å². The molecule has 4 heteroatoms. The van der Waals surface area contributed by atoms with E-state index in [9.17, 15) is 9.59 Å². The van der Waals surface area contributed by atoms with Crippen molar-refractivity contribution in [2.45, 2.75) is 25.3 Å². The minimum Gasteiger partial charge on any atom is -0.480 e. The number of aliphatic carboxylic acids is 1. The van der Waals surface area contributed by atoms with Crippen LogP contribution in [-0.2, 0) is 9.59 Å². The summed E-state index contributed by atoms with van der Waals surface area (Å²) in [6.07, 6.45) is 0.784. The Morgan fingerprint density at radius 3 is 2.67 bits per heavy atom. The van der Waals surface area contributed by atoms with Crippen molar-refractivity contribution in [1.29, 1.82) is 0 Å². The van der Waals surface area contributed by atoms with E-state index in [-0.39, 0.29) is 17.7 Å². The summed E-state index contributed by atoms with van der Waals surface area (Å²) in [5.41, 5.74) is 1.18. The Labute approximate surface area is 122 Å². The van der Waals surface area contributed by atoms with Crippen LogP contribution in [0.3, 0.4) is 0 Å². The summed E-state index contributed by atoms with van der Waals surface area (Å²) in [7, 11) is 0. The molecule has 1 amide bonds. The summed E-state index contributed by atoms with van der Waals surface area (Å²) in [6, 6.07) is 13.4. The third-order valence-corrected chi connectivity index (χ3v) is 4.08. The molecular weight excluding hydrogens is 266 g/mol. The normalized spacial score (nSPS) is 21.8. The first kappa shape index (κ1) is 13.6. The molecular formula is C17H17NO3. The molecule has 0 aromatic heterocycles. The standard InChI is InChI=1S/C17H17NO3/c1-10(17(20)21)18-16(19)15-9-14(15)13-8-4-6-11-5-2-3-7-12(11)13/h2-8,10,14-15H,9H2,1H3,(H,18,19)(H,20,21). The molecule has 2 N–H and O–H groups in total. The lowest BCUT2D eigenvalue weighted by atomic mass is 10.00. The number of amides is 1. The Balaban J connectivity index is 1.78. The highest BCUT2D eigenvalue weighted by Crippen LogP contribution is 2.49. The number of carbonyl (C=O) groups excluding carboxylic acids is 1. The van der Waals surface area contributed by atoms with Gasteiger partial charge < -0.3 is 10.4 Å².